The highest BCUT2D eigenvalue weighted by atomic mass is 35.5. The minimum absolute atomic E-state index is 0.347. The van der Waals surface area contributed by atoms with Crippen molar-refractivity contribution in [1.82, 2.24) is 9.36 Å². The van der Waals surface area contributed by atoms with E-state index in [1.165, 1.54) is 20.9 Å². The number of hydrogen-bond acceptors (Lipinski definition) is 6. The second-order valence-corrected chi connectivity index (χ2v) is 4.63. The predicted molar refractivity (Wildman–Crippen MR) is 59.2 cm³/mol. The highest BCUT2D eigenvalue weighted by Crippen LogP contribution is 2.14. The van der Waals surface area contributed by atoms with Gasteiger partial charge in [0.15, 0.2) is 15.6 Å². The van der Waals surface area contributed by atoms with Crippen LogP contribution in [-0.2, 0) is 0 Å². The van der Waals surface area contributed by atoms with Gasteiger partial charge in [0.1, 0.15) is 6.07 Å². The standard InChI is InChI=1S/C8H3ClN4S2/c9-6-8(14-15-13-6)12-7-5(4-10)2-1-3-11-7/h1-3H/b12-8-. The van der Waals surface area contributed by atoms with E-state index in [1.54, 1.807) is 18.3 Å². The van der Waals surface area contributed by atoms with Crippen molar-refractivity contribution in [2.75, 3.05) is 0 Å². The molecule has 0 atom stereocenters. The van der Waals surface area contributed by atoms with Gasteiger partial charge in [-0.3, -0.25) is 0 Å². The van der Waals surface area contributed by atoms with Gasteiger partial charge in [-0.05, 0) is 22.5 Å². The molecule has 0 aliphatic rings. The summed E-state index contributed by atoms with van der Waals surface area (Å²) in [6, 6.07) is 5.36. The molecule has 74 valence electrons. The summed E-state index contributed by atoms with van der Waals surface area (Å²) < 4.78 is 4.47. The van der Waals surface area contributed by atoms with Gasteiger partial charge in [0.05, 0.1) is 5.56 Å². The van der Waals surface area contributed by atoms with Crippen molar-refractivity contribution in [3.05, 3.63) is 33.7 Å². The molecule has 0 N–H and O–H groups in total. The summed E-state index contributed by atoms with van der Waals surface area (Å²) in [6.07, 6.45) is 1.58. The van der Waals surface area contributed by atoms with Gasteiger partial charge in [0.25, 0.3) is 0 Å². The first-order valence-corrected chi connectivity index (χ1v) is 6.31. The molecule has 0 aliphatic carbocycles. The lowest BCUT2D eigenvalue weighted by atomic mass is 10.3. The van der Waals surface area contributed by atoms with Crippen LogP contribution in [0.15, 0.2) is 23.3 Å². The molecule has 2 rings (SSSR count). The van der Waals surface area contributed by atoms with Gasteiger partial charge in [-0.1, -0.05) is 11.6 Å². The maximum atomic E-state index is 8.82. The lowest BCUT2D eigenvalue weighted by Gasteiger charge is -1.92. The van der Waals surface area contributed by atoms with E-state index in [2.05, 4.69) is 14.3 Å². The summed E-state index contributed by atoms with van der Waals surface area (Å²) in [6.45, 7) is 0. The Morgan fingerprint density at radius 2 is 2.40 bits per heavy atom. The fourth-order valence-electron chi connectivity index (χ4n) is 0.894. The van der Waals surface area contributed by atoms with Crippen molar-refractivity contribution < 1.29 is 0 Å². The predicted octanol–water partition coefficient (Wildman–Crippen LogP) is 2.36. The Hall–Kier alpha value is -1.29. The van der Waals surface area contributed by atoms with Crippen LogP contribution >= 0.6 is 32.5 Å². The third kappa shape index (κ3) is 2.21. The first-order chi connectivity index (χ1) is 7.31. The van der Waals surface area contributed by atoms with Gasteiger partial charge in [-0.25, -0.2) is 9.98 Å². The summed E-state index contributed by atoms with van der Waals surface area (Å²) in [4.78, 5) is 8.17. The second-order valence-electron chi connectivity index (χ2n) is 2.44. The highest BCUT2D eigenvalue weighted by molar-refractivity contribution is 7.66. The van der Waals surface area contributed by atoms with Gasteiger partial charge in [0, 0.05) is 16.7 Å². The zero-order chi connectivity index (χ0) is 10.7. The molecule has 2 aromatic rings. The molecule has 0 saturated heterocycles. The SMILES string of the molecule is N#Cc1cccnc1/N=c1\ssnc1Cl. The van der Waals surface area contributed by atoms with Crippen molar-refractivity contribution in [2.24, 2.45) is 4.99 Å². The molecule has 2 heterocycles. The van der Waals surface area contributed by atoms with Crippen molar-refractivity contribution in [2.45, 2.75) is 0 Å². The van der Waals surface area contributed by atoms with E-state index in [9.17, 15) is 0 Å². The quantitative estimate of drug-likeness (QED) is 0.734. The van der Waals surface area contributed by atoms with E-state index in [-0.39, 0.29) is 0 Å². The van der Waals surface area contributed by atoms with Crippen LogP contribution < -0.4 is 4.67 Å². The number of nitrogens with zero attached hydrogens (tertiary/aromatic N) is 4. The van der Waals surface area contributed by atoms with E-state index in [0.29, 0.717) is 21.2 Å². The highest BCUT2D eigenvalue weighted by Gasteiger charge is 2.02. The number of nitriles is 1. The van der Waals surface area contributed by atoms with Crippen LogP contribution in [0, 0.1) is 11.3 Å². The molecule has 0 fully saturated rings. The molecule has 15 heavy (non-hydrogen) atoms. The van der Waals surface area contributed by atoms with Gasteiger partial charge >= 0.3 is 0 Å². The Bertz CT molecular complexity index is 581. The minimum Gasteiger partial charge on any atom is -0.236 e. The van der Waals surface area contributed by atoms with Crippen molar-refractivity contribution in [1.29, 1.82) is 5.26 Å². The topological polar surface area (TPSA) is 61.9 Å². The molecular weight excluding hydrogens is 252 g/mol. The molecule has 4 nitrogen and oxygen atoms in total. The molecule has 0 bridgehead atoms. The fourth-order valence-corrected chi connectivity index (χ4v) is 2.87. The number of rotatable bonds is 1. The maximum absolute atomic E-state index is 8.82. The molecule has 0 unspecified atom stereocenters. The van der Waals surface area contributed by atoms with E-state index in [1.807, 2.05) is 6.07 Å². The molecule has 2 aromatic heterocycles. The number of hydrogen-bond donors (Lipinski definition) is 0. The lowest BCUT2D eigenvalue weighted by molar-refractivity contribution is 1.21. The summed E-state index contributed by atoms with van der Waals surface area (Å²) in [5.74, 6) is 0.373. The average Bonchev–Trinajstić information content (AvgIpc) is 2.65. The normalized spacial score (nSPS) is 11.3. The number of pyridine rings is 1. The average molecular weight is 255 g/mol. The van der Waals surface area contributed by atoms with Crippen LogP contribution in [0.2, 0.25) is 5.15 Å². The zero-order valence-electron chi connectivity index (χ0n) is 7.22. The Morgan fingerprint density at radius 1 is 1.53 bits per heavy atom. The number of halogens is 1. The van der Waals surface area contributed by atoms with Gasteiger partial charge in [-0.2, -0.15) is 9.64 Å². The maximum Gasteiger partial charge on any atom is 0.179 e. The van der Waals surface area contributed by atoms with Crippen LogP contribution in [0.4, 0.5) is 5.82 Å². The largest absolute Gasteiger partial charge is 0.236 e. The van der Waals surface area contributed by atoms with Crippen LogP contribution in [0.5, 0.6) is 0 Å². The van der Waals surface area contributed by atoms with Gasteiger partial charge in [0.2, 0.25) is 0 Å². The van der Waals surface area contributed by atoms with Crippen molar-refractivity contribution in [3.8, 4) is 6.07 Å². The summed E-state index contributed by atoms with van der Waals surface area (Å²) in [5, 5.41) is 9.17. The van der Waals surface area contributed by atoms with Crippen LogP contribution in [0.3, 0.4) is 0 Å². The Labute approximate surface area is 97.7 Å². The third-order valence-corrected chi connectivity index (χ3v) is 3.70. The van der Waals surface area contributed by atoms with Crippen LogP contribution in [0.1, 0.15) is 5.56 Å². The molecule has 0 spiro atoms. The molecule has 0 radical (unpaired) electrons. The Morgan fingerprint density at radius 3 is 3.07 bits per heavy atom. The first kappa shape index (κ1) is 10.2. The third-order valence-electron chi connectivity index (χ3n) is 1.52. The van der Waals surface area contributed by atoms with Gasteiger partial charge in [-0.15, -0.1) is 0 Å². The Balaban J connectivity index is 2.59. The van der Waals surface area contributed by atoms with E-state index in [0.717, 1.165) is 0 Å². The second kappa shape index (κ2) is 4.49. The molecule has 0 aliphatic heterocycles. The van der Waals surface area contributed by atoms with Crippen LogP contribution in [-0.4, -0.2) is 9.36 Å². The summed E-state index contributed by atoms with van der Waals surface area (Å²) in [5.41, 5.74) is 0.423. The smallest absolute Gasteiger partial charge is 0.179 e. The van der Waals surface area contributed by atoms with E-state index >= 15 is 0 Å². The molecule has 7 heteroatoms. The fraction of sp³-hybridized carbons (Fsp3) is 0. The van der Waals surface area contributed by atoms with Crippen LogP contribution in [0.25, 0.3) is 0 Å². The monoisotopic (exact) mass is 254 g/mol. The molecule has 0 aromatic carbocycles. The van der Waals surface area contributed by atoms with Gasteiger partial charge < -0.3 is 0 Å². The molecule has 0 saturated carbocycles. The lowest BCUT2D eigenvalue weighted by Crippen LogP contribution is -1.94. The van der Waals surface area contributed by atoms with Crippen molar-refractivity contribution in [3.63, 3.8) is 0 Å². The van der Waals surface area contributed by atoms with Crippen molar-refractivity contribution >= 4 is 38.3 Å². The van der Waals surface area contributed by atoms with E-state index < -0.39 is 0 Å². The molecule has 0 amide bonds. The Kier molecular flexibility index (Phi) is 3.06. The summed E-state index contributed by atoms with van der Waals surface area (Å²) in [7, 11) is 2.60. The number of aromatic nitrogens is 2. The summed E-state index contributed by atoms with van der Waals surface area (Å²) >= 11 is 5.79. The van der Waals surface area contributed by atoms with E-state index in [4.69, 9.17) is 16.9 Å². The zero-order valence-corrected chi connectivity index (χ0v) is 9.60. The molecular formula is C8H3ClN4S2. The first-order valence-electron chi connectivity index (χ1n) is 3.82. The minimum atomic E-state index is 0.347.